The van der Waals surface area contributed by atoms with Crippen LogP contribution in [-0.2, 0) is 20.4 Å². The first-order chi connectivity index (χ1) is 32.7. The van der Waals surface area contributed by atoms with Crippen molar-refractivity contribution >= 4 is 89.7 Å². The minimum atomic E-state index is -10.7. The second-order valence-corrected chi connectivity index (χ2v) is 26.8. The smallest absolute Gasteiger partial charge is 2.00 e. The molecule has 0 radical (unpaired) electrons. The van der Waals surface area contributed by atoms with Crippen molar-refractivity contribution in [1.82, 2.24) is 0 Å². The Bertz CT molecular complexity index is 2290. The average molecular weight is 1190 g/mol. The van der Waals surface area contributed by atoms with Crippen LogP contribution < -0.4 is 42.4 Å². The van der Waals surface area contributed by atoms with E-state index in [4.69, 9.17) is 0 Å². The minimum Gasteiger partial charge on any atom is 2.00 e. The van der Waals surface area contributed by atoms with E-state index in [9.17, 15) is 50.4 Å². The fraction of sp³-hybridized carbons (Fsp3) is 0. The number of rotatable bonds is 12. The van der Waals surface area contributed by atoms with Gasteiger partial charge in [0.2, 0.25) is 0 Å². The van der Waals surface area contributed by atoms with E-state index < -0.39 is 47.3 Å². The third-order valence-corrected chi connectivity index (χ3v) is 18.1. The van der Waals surface area contributed by atoms with Crippen LogP contribution in [0.2, 0.25) is 0 Å². The molecule has 0 unspecified atom stereocenters. The SMILES string of the molecule is C(=C\P(c1ccccc1)c1ccccc1)/P(c1ccccc1)c1ccccc1.C(=C\P(c1ccccc1)c1ccccc1)/P(c1ccccc1)c1ccccc1.F[P-](F)(F)(F)(F)F.F[P-](F)(F)(F)(F)F.[Pd+2]. The van der Waals surface area contributed by atoms with Gasteiger partial charge in [0.1, 0.15) is 0 Å². The van der Waals surface area contributed by atoms with Crippen molar-refractivity contribution in [3.05, 3.63) is 266 Å². The molecule has 0 saturated carbocycles. The predicted octanol–water partition coefficient (Wildman–Crippen LogP) is 18.2. The van der Waals surface area contributed by atoms with Gasteiger partial charge in [-0.15, -0.1) is 0 Å². The van der Waals surface area contributed by atoms with E-state index in [0.717, 1.165) is 0 Å². The monoisotopic (exact) mass is 1190 g/mol. The standard InChI is InChI=1S/2C26H22P2.2F6P.Pd/c2*1-5-13-23(14-6-1)27(24-15-7-2-8-16-24)21-22-28(25-17-9-3-10-18-25)26-19-11-4-12-20-26;2*1-7(2,3,4,5)6;/h2*1-22H;;;/q;;2*-1;+2/b2*22-21+;;;. The summed E-state index contributed by atoms with van der Waals surface area (Å²) in [5, 5.41) is 11.1. The molecule has 8 aromatic rings. The molecule has 0 aromatic heterocycles. The van der Waals surface area contributed by atoms with Crippen LogP contribution in [0.5, 0.6) is 0 Å². The van der Waals surface area contributed by atoms with Crippen LogP contribution in [0, 0.1) is 0 Å². The molecule has 0 amide bonds. The van der Waals surface area contributed by atoms with Gasteiger partial charge in [-0.25, -0.2) is 0 Å². The van der Waals surface area contributed by atoms with E-state index in [0.29, 0.717) is 0 Å². The molecule has 8 aromatic carbocycles. The van der Waals surface area contributed by atoms with E-state index in [-0.39, 0.29) is 20.4 Å². The molecule has 71 heavy (non-hydrogen) atoms. The molecule has 19 heteroatoms. The van der Waals surface area contributed by atoms with Crippen LogP contribution in [0.15, 0.2) is 266 Å². The zero-order valence-electron chi connectivity index (χ0n) is 36.9. The maximum absolute atomic E-state index is 10.7. The minimum absolute atomic E-state index is 0. The molecule has 0 fully saturated rings. The quantitative estimate of drug-likeness (QED) is 0.0650. The first-order valence-corrected chi connectivity index (χ1v) is 30.5. The van der Waals surface area contributed by atoms with E-state index in [1.54, 1.807) is 0 Å². The summed E-state index contributed by atoms with van der Waals surface area (Å²) in [5.41, 5.74) is 0. The Morgan fingerprint density at radius 3 is 0.366 bits per heavy atom. The van der Waals surface area contributed by atoms with Crippen molar-refractivity contribution in [2.45, 2.75) is 0 Å². The van der Waals surface area contributed by atoms with Gasteiger partial charge in [0, 0.05) is 0 Å². The molecule has 0 N–H and O–H groups in total. The van der Waals surface area contributed by atoms with Crippen LogP contribution >= 0.6 is 47.3 Å². The predicted molar refractivity (Wildman–Crippen MR) is 282 cm³/mol. The Morgan fingerprint density at radius 2 is 0.282 bits per heavy atom. The summed E-state index contributed by atoms with van der Waals surface area (Å²) in [6.07, 6.45) is 0. The fourth-order valence-electron chi connectivity index (χ4n) is 6.26. The first kappa shape index (κ1) is 59.2. The van der Waals surface area contributed by atoms with Gasteiger partial charge in [0.05, 0.1) is 0 Å². The van der Waals surface area contributed by atoms with Crippen LogP contribution in [-0.4, -0.2) is 0 Å². The summed E-state index contributed by atoms with van der Waals surface area (Å²) in [6.45, 7) is 0. The molecule has 0 heterocycles. The van der Waals surface area contributed by atoms with Crippen molar-refractivity contribution in [1.29, 1.82) is 0 Å². The zero-order valence-corrected chi connectivity index (χ0v) is 43.9. The molecule has 0 spiro atoms. The molecule has 0 saturated heterocycles. The summed E-state index contributed by atoms with van der Waals surface area (Å²) in [6, 6.07) is 86.9. The van der Waals surface area contributed by atoms with Crippen LogP contribution in [0.25, 0.3) is 0 Å². The van der Waals surface area contributed by atoms with Crippen LogP contribution in [0.1, 0.15) is 0 Å². The van der Waals surface area contributed by atoms with E-state index in [1.165, 1.54) is 42.4 Å². The van der Waals surface area contributed by atoms with Gasteiger partial charge in [0.25, 0.3) is 0 Å². The second-order valence-electron chi connectivity index (χ2n) is 14.7. The summed E-state index contributed by atoms with van der Waals surface area (Å²) in [4.78, 5) is 0. The molecule has 8 rings (SSSR count). The van der Waals surface area contributed by atoms with Gasteiger partial charge in [-0.1, -0.05) is 266 Å². The third kappa shape index (κ3) is 25.7. The van der Waals surface area contributed by atoms with E-state index >= 15 is 0 Å². The Hall–Kier alpha value is -4.36. The van der Waals surface area contributed by atoms with Gasteiger partial charge in [-0.05, 0) is 74.1 Å². The van der Waals surface area contributed by atoms with Gasteiger partial charge >= 0.3 is 86.4 Å². The average Bonchev–Trinajstić information content (AvgIpc) is 3.32. The molecular weight excluding hydrogens is 1140 g/mol. The Balaban J connectivity index is 0.000000241. The molecular formula is C52H44F12P6Pd. The molecule has 0 aliphatic rings. The topological polar surface area (TPSA) is 0 Å². The Kier molecular flexibility index (Phi) is 20.5. The van der Waals surface area contributed by atoms with Gasteiger partial charge in [-0.2, -0.15) is 0 Å². The Morgan fingerprint density at radius 1 is 0.197 bits per heavy atom. The van der Waals surface area contributed by atoms with Crippen molar-refractivity contribution in [3.63, 3.8) is 0 Å². The van der Waals surface area contributed by atoms with E-state index in [1.807, 2.05) is 0 Å². The van der Waals surface area contributed by atoms with Gasteiger partial charge in [-0.3, -0.25) is 0 Å². The van der Waals surface area contributed by atoms with Gasteiger partial charge < -0.3 is 0 Å². The van der Waals surface area contributed by atoms with Crippen molar-refractivity contribution in [3.8, 4) is 0 Å². The number of hydrogen-bond acceptors (Lipinski definition) is 0. The maximum atomic E-state index is 9.87. The second kappa shape index (κ2) is 24.6. The third-order valence-electron chi connectivity index (χ3n) is 9.00. The normalized spacial score (nSPS) is 13.5. The Labute approximate surface area is 424 Å². The van der Waals surface area contributed by atoms with Crippen molar-refractivity contribution < 1.29 is 70.8 Å². The molecule has 0 atom stereocenters. The van der Waals surface area contributed by atoms with Crippen LogP contribution in [0.4, 0.5) is 50.4 Å². The molecule has 0 nitrogen and oxygen atoms in total. The molecule has 0 aliphatic heterocycles. The first-order valence-electron chi connectivity index (χ1n) is 20.8. The number of halogens is 12. The van der Waals surface area contributed by atoms with Crippen LogP contribution in [0.3, 0.4) is 0 Å². The summed E-state index contributed by atoms with van der Waals surface area (Å²) in [7, 11) is -23.4. The maximum Gasteiger partial charge on any atom is 2.00 e. The summed E-state index contributed by atoms with van der Waals surface area (Å²) < 4.78 is 118. The van der Waals surface area contributed by atoms with Crippen molar-refractivity contribution in [2.24, 2.45) is 0 Å². The zero-order chi connectivity index (χ0) is 50.9. The van der Waals surface area contributed by atoms with Crippen molar-refractivity contribution in [2.75, 3.05) is 0 Å². The summed E-state index contributed by atoms with van der Waals surface area (Å²) in [5.74, 6) is 9.80. The van der Waals surface area contributed by atoms with Gasteiger partial charge in [0.15, 0.2) is 0 Å². The number of hydrogen-bond donors (Lipinski definition) is 0. The largest absolute Gasteiger partial charge is 2.00 e. The summed E-state index contributed by atoms with van der Waals surface area (Å²) >= 11 is 0. The molecule has 0 aliphatic carbocycles. The molecule has 376 valence electrons. The molecule has 0 bridgehead atoms. The fourth-order valence-corrected chi connectivity index (χ4v) is 14.9. The number of benzene rings is 8. The van der Waals surface area contributed by atoms with E-state index in [2.05, 4.69) is 266 Å².